The minimum Gasteiger partial charge on any atom is -0.493 e. The van der Waals surface area contributed by atoms with E-state index in [-0.39, 0.29) is 5.11 Å². The van der Waals surface area contributed by atoms with Crippen molar-refractivity contribution < 1.29 is 4.74 Å². The van der Waals surface area contributed by atoms with Gasteiger partial charge in [-0.1, -0.05) is 28.1 Å². The summed E-state index contributed by atoms with van der Waals surface area (Å²) in [5, 5.41) is 4.80. The Morgan fingerprint density at radius 3 is 3.12 bits per heavy atom. The molecule has 0 amide bonds. The third kappa shape index (κ3) is 5.09. The summed E-state index contributed by atoms with van der Waals surface area (Å²) in [5.74, 6) is 0.804. The summed E-state index contributed by atoms with van der Waals surface area (Å²) in [6.07, 6.45) is 1.63. The lowest BCUT2D eigenvalue weighted by molar-refractivity contribution is 0.345. The van der Waals surface area contributed by atoms with Crippen LogP contribution in [0.5, 0.6) is 5.75 Å². The van der Waals surface area contributed by atoms with Crippen LogP contribution in [0.15, 0.2) is 29.4 Å². The quantitative estimate of drug-likeness (QED) is 0.376. The Labute approximate surface area is 108 Å². The van der Waals surface area contributed by atoms with Crippen LogP contribution in [0, 0.1) is 0 Å². The molecule has 0 aromatic heterocycles. The van der Waals surface area contributed by atoms with Crippen LogP contribution in [0.3, 0.4) is 0 Å². The molecule has 0 atom stereocenters. The second-order valence-corrected chi connectivity index (χ2v) is 4.08. The van der Waals surface area contributed by atoms with Gasteiger partial charge < -0.3 is 10.5 Å². The first-order chi connectivity index (χ1) is 7.72. The van der Waals surface area contributed by atoms with Gasteiger partial charge in [0.05, 0.1) is 12.8 Å². The van der Waals surface area contributed by atoms with Crippen molar-refractivity contribution in [3.05, 3.63) is 29.8 Å². The molecule has 3 N–H and O–H groups in total. The zero-order valence-electron chi connectivity index (χ0n) is 8.52. The lowest BCUT2D eigenvalue weighted by Crippen LogP contribution is -2.23. The third-order valence-electron chi connectivity index (χ3n) is 1.59. The molecule has 0 aliphatic carbocycles. The zero-order valence-corrected chi connectivity index (χ0v) is 10.9. The zero-order chi connectivity index (χ0) is 11.8. The third-order valence-corrected chi connectivity index (χ3v) is 2.01. The van der Waals surface area contributed by atoms with Crippen LogP contribution in [0.2, 0.25) is 0 Å². The number of hydrogen-bond acceptors (Lipinski definition) is 3. The molecule has 0 heterocycles. The molecule has 0 saturated heterocycles. The molecule has 4 nitrogen and oxygen atoms in total. The number of thiocarbonyl (C=S) groups is 1. The molecular weight excluding hydrogens is 290 g/mol. The van der Waals surface area contributed by atoms with Crippen molar-refractivity contribution in [3.8, 4) is 5.75 Å². The Morgan fingerprint density at radius 2 is 2.44 bits per heavy atom. The Kier molecular flexibility index (Phi) is 5.81. The maximum absolute atomic E-state index is 5.44. The van der Waals surface area contributed by atoms with Gasteiger partial charge in [-0.2, -0.15) is 5.10 Å². The molecule has 0 fully saturated rings. The number of alkyl halides is 1. The fraction of sp³-hybridized carbons (Fsp3) is 0.200. The number of nitrogens with zero attached hydrogens (tertiary/aromatic N) is 1. The van der Waals surface area contributed by atoms with Gasteiger partial charge in [-0.15, -0.1) is 0 Å². The molecule has 86 valence electrons. The first-order valence-corrected chi connectivity index (χ1v) is 6.12. The van der Waals surface area contributed by atoms with E-state index in [0.29, 0.717) is 6.61 Å². The number of hydrazone groups is 1. The highest BCUT2D eigenvalue weighted by Gasteiger charge is 1.94. The molecule has 0 spiro atoms. The summed E-state index contributed by atoms with van der Waals surface area (Å²) in [6, 6.07) is 7.58. The lowest BCUT2D eigenvalue weighted by atomic mass is 10.2. The van der Waals surface area contributed by atoms with Crippen LogP contribution in [-0.2, 0) is 0 Å². The number of ether oxygens (including phenoxy) is 1. The molecule has 0 aliphatic heterocycles. The predicted octanol–water partition coefficient (Wildman–Crippen LogP) is 1.63. The maximum Gasteiger partial charge on any atom is 0.184 e. The first-order valence-electron chi connectivity index (χ1n) is 4.59. The molecule has 0 aliphatic rings. The van der Waals surface area contributed by atoms with E-state index in [1.807, 2.05) is 24.3 Å². The average Bonchev–Trinajstić information content (AvgIpc) is 2.26. The van der Waals surface area contributed by atoms with E-state index in [2.05, 4.69) is 38.7 Å². The Hall–Kier alpha value is -1.14. The highest BCUT2D eigenvalue weighted by Crippen LogP contribution is 2.11. The van der Waals surface area contributed by atoms with Crippen molar-refractivity contribution in [2.24, 2.45) is 10.8 Å². The smallest absolute Gasteiger partial charge is 0.184 e. The van der Waals surface area contributed by atoms with Crippen molar-refractivity contribution in [3.63, 3.8) is 0 Å². The normalized spacial score (nSPS) is 10.3. The second kappa shape index (κ2) is 7.19. The SMILES string of the molecule is NC(=S)NN=Cc1cccc(OCCBr)c1. The van der Waals surface area contributed by atoms with Crippen LogP contribution >= 0.6 is 28.1 Å². The molecule has 1 aromatic carbocycles. The fourth-order valence-corrected chi connectivity index (χ4v) is 1.23. The summed E-state index contributed by atoms with van der Waals surface area (Å²) in [6.45, 7) is 0.631. The van der Waals surface area contributed by atoms with Gasteiger partial charge in [0.25, 0.3) is 0 Å². The van der Waals surface area contributed by atoms with E-state index in [1.165, 1.54) is 0 Å². The number of benzene rings is 1. The van der Waals surface area contributed by atoms with E-state index >= 15 is 0 Å². The molecule has 6 heteroatoms. The van der Waals surface area contributed by atoms with Crippen molar-refractivity contribution in [1.82, 2.24) is 5.43 Å². The predicted molar refractivity (Wildman–Crippen MR) is 73.2 cm³/mol. The summed E-state index contributed by atoms with van der Waals surface area (Å²) >= 11 is 7.91. The van der Waals surface area contributed by atoms with Crippen molar-refractivity contribution >= 4 is 39.5 Å². The summed E-state index contributed by atoms with van der Waals surface area (Å²) < 4.78 is 5.44. The Bertz CT molecular complexity index is 384. The van der Waals surface area contributed by atoms with E-state index in [4.69, 9.17) is 10.5 Å². The van der Waals surface area contributed by atoms with E-state index in [0.717, 1.165) is 16.6 Å². The lowest BCUT2D eigenvalue weighted by Gasteiger charge is -2.04. The highest BCUT2D eigenvalue weighted by molar-refractivity contribution is 9.09. The van der Waals surface area contributed by atoms with Gasteiger partial charge in [0.2, 0.25) is 0 Å². The molecule has 0 unspecified atom stereocenters. The van der Waals surface area contributed by atoms with Crippen molar-refractivity contribution in [1.29, 1.82) is 0 Å². The van der Waals surface area contributed by atoms with Gasteiger partial charge in [-0.05, 0) is 29.9 Å². The summed E-state index contributed by atoms with van der Waals surface area (Å²) in [4.78, 5) is 0. The standard InChI is InChI=1S/C10H12BrN3OS/c11-4-5-15-9-3-1-2-8(6-9)7-13-14-10(12)16/h1-3,6-7H,4-5H2,(H3,12,14,16). The van der Waals surface area contributed by atoms with Crippen LogP contribution < -0.4 is 15.9 Å². The highest BCUT2D eigenvalue weighted by atomic mass is 79.9. The Balaban J connectivity index is 2.59. The minimum absolute atomic E-state index is 0.142. The molecular formula is C10H12BrN3OS. The van der Waals surface area contributed by atoms with Crippen LogP contribution in [0.1, 0.15) is 5.56 Å². The molecule has 0 saturated carbocycles. The van der Waals surface area contributed by atoms with Gasteiger partial charge >= 0.3 is 0 Å². The fourth-order valence-electron chi connectivity index (χ4n) is 1.01. The maximum atomic E-state index is 5.44. The summed E-state index contributed by atoms with van der Waals surface area (Å²) in [5.41, 5.74) is 8.63. The first kappa shape index (κ1) is 12.9. The van der Waals surface area contributed by atoms with Crippen LogP contribution in [0.4, 0.5) is 0 Å². The van der Waals surface area contributed by atoms with Gasteiger partial charge in [0.15, 0.2) is 5.11 Å². The van der Waals surface area contributed by atoms with Gasteiger partial charge in [-0.3, -0.25) is 5.43 Å². The number of nitrogens with one attached hydrogen (secondary N) is 1. The second-order valence-electron chi connectivity index (χ2n) is 2.84. The van der Waals surface area contributed by atoms with Gasteiger partial charge in [-0.25, -0.2) is 0 Å². The van der Waals surface area contributed by atoms with E-state index < -0.39 is 0 Å². The van der Waals surface area contributed by atoms with Gasteiger partial charge in [0, 0.05) is 5.33 Å². The van der Waals surface area contributed by atoms with Crippen LogP contribution in [0.25, 0.3) is 0 Å². The van der Waals surface area contributed by atoms with Crippen molar-refractivity contribution in [2.75, 3.05) is 11.9 Å². The largest absolute Gasteiger partial charge is 0.493 e. The number of hydrogen-bond donors (Lipinski definition) is 2. The number of halogens is 1. The molecule has 16 heavy (non-hydrogen) atoms. The number of rotatable bonds is 5. The number of nitrogens with two attached hydrogens (primary N) is 1. The molecule has 1 rings (SSSR count). The van der Waals surface area contributed by atoms with E-state index in [9.17, 15) is 0 Å². The summed E-state index contributed by atoms with van der Waals surface area (Å²) in [7, 11) is 0. The Morgan fingerprint density at radius 1 is 1.62 bits per heavy atom. The monoisotopic (exact) mass is 301 g/mol. The molecule has 0 radical (unpaired) electrons. The average molecular weight is 302 g/mol. The molecule has 0 bridgehead atoms. The van der Waals surface area contributed by atoms with Crippen LogP contribution in [-0.4, -0.2) is 23.3 Å². The van der Waals surface area contributed by atoms with Crippen molar-refractivity contribution in [2.45, 2.75) is 0 Å². The minimum atomic E-state index is 0.142. The topological polar surface area (TPSA) is 59.6 Å². The van der Waals surface area contributed by atoms with E-state index in [1.54, 1.807) is 6.21 Å². The van der Waals surface area contributed by atoms with Gasteiger partial charge in [0.1, 0.15) is 5.75 Å². The molecule has 1 aromatic rings.